The third kappa shape index (κ3) is 4.01. The number of hydrogen-bond acceptors (Lipinski definition) is 4. The van der Waals surface area contributed by atoms with Gasteiger partial charge in [0, 0.05) is 41.1 Å². The minimum Gasteiger partial charge on any atom is -0.322 e. The molecule has 5 rings (SSSR count). The zero-order valence-electron chi connectivity index (χ0n) is 17.8. The molecular formula is C24H17F3N6O. The summed E-state index contributed by atoms with van der Waals surface area (Å²) in [4.78, 5) is 21.2. The highest BCUT2D eigenvalue weighted by molar-refractivity contribution is 6.05. The van der Waals surface area contributed by atoms with Crippen LogP contribution in [-0.4, -0.2) is 30.1 Å². The van der Waals surface area contributed by atoms with E-state index in [4.69, 9.17) is 0 Å². The maximum absolute atomic E-state index is 13.5. The molecule has 0 saturated heterocycles. The van der Waals surface area contributed by atoms with E-state index in [-0.39, 0.29) is 16.9 Å². The lowest BCUT2D eigenvalue weighted by Gasteiger charge is -2.14. The highest BCUT2D eigenvalue weighted by Gasteiger charge is 2.31. The van der Waals surface area contributed by atoms with Gasteiger partial charge in [0.1, 0.15) is 0 Å². The standard InChI is InChI=1S/C24H17F3N6O/c1-15-4-5-16(9-20(15)21-13-29-22-3-2-6-30-33(21)22)23(34)31-18-10-17(24(25,26)27)11-19(12-18)32-8-7-28-14-32/h2-14H,1H3,(H,31,34). The molecule has 34 heavy (non-hydrogen) atoms. The van der Waals surface area contributed by atoms with Gasteiger partial charge in [-0.2, -0.15) is 18.3 Å². The van der Waals surface area contributed by atoms with Gasteiger partial charge in [-0.3, -0.25) is 4.79 Å². The lowest BCUT2D eigenvalue weighted by atomic mass is 10.0. The summed E-state index contributed by atoms with van der Waals surface area (Å²) < 4.78 is 43.5. The number of halogens is 3. The summed E-state index contributed by atoms with van der Waals surface area (Å²) in [5, 5.41) is 6.90. The van der Waals surface area contributed by atoms with Gasteiger partial charge in [-0.1, -0.05) is 6.07 Å². The van der Waals surface area contributed by atoms with Crippen LogP contribution < -0.4 is 5.32 Å². The van der Waals surface area contributed by atoms with Gasteiger partial charge in [0.05, 0.1) is 23.8 Å². The third-order valence-electron chi connectivity index (χ3n) is 5.36. The fourth-order valence-electron chi connectivity index (χ4n) is 3.66. The van der Waals surface area contributed by atoms with E-state index in [1.807, 2.05) is 13.0 Å². The molecule has 0 spiro atoms. The summed E-state index contributed by atoms with van der Waals surface area (Å²) >= 11 is 0. The van der Waals surface area contributed by atoms with E-state index >= 15 is 0 Å². The van der Waals surface area contributed by atoms with Crippen LogP contribution in [0.1, 0.15) is 21.5 Å². The average Bonchev–Trinajstić information content (AvgIpc) is 3.49. The van der Waals surface area contributed by atoms with Gasteiger partial charge in [0.15, 0.2) is 5.65 Å². The third-order valence-corrected chi connectivity index (χ3v) is 5.36. The molecule has 5 aromatic rings. The minimum atomic E-state index is -4.58. The number of rotatable bonds is 4. The van der Waals surface area contributed by atoms with Gasteiger partial charge in [-0.15, -0.1) is 0 Å². The summed E-state index contributed by atoms with van der Waals surface area (Å²) in [5.74, 6) is -0.543. The predicted octanol–water partition coefficient (Wildman–Crippen LogP) is 5.16. The van der Waals surface area contributed by atoms with E-state index in [9.17, 15) is 18.0 Å². The Balaban J connectivity index is 1.51. The van der Waals surface area contributed by atoms with E-state index in [0.29, 0.717) is 11.3 Å². The Morgan fingerprint density at radius 1 is 1.06 bits per heavy atom. The van der Waals surface area contributed by atoms with Crippen molar-refractivity contribution in [2.75, 3.05) is 5.32 Å². The second-order valence-corrected chi connectivity index (χ2v) is 7.66. The Kier molecular flexibility index (Phi) is 5.12. The van der Waals surface area contributed by atoms with Crippen LogP contribution in [-0.2, 0) is 6.18 Å². The Morgan fingerprint density at radius 2 is 1.91 bits per heavy atom. The van der Waals surface area contributed by atoms with E-state index in [0.717, 1.165) is 23.3 Å². The van der Waals surface area contributed by atoms with Crippen molar-refractivity contribution in [1.82, 2.24) is 24.1 Å². The number of aromatic nitrogens is 5. The molecule has 10 heteroatoms. The number of benzene rings is 2. The maximum atomic E-state index is 13.5. The normalized spacial score (nSPS) is 11.6. The van der Waals surface area contributed by atoms with Crippen LogP contribution in [0.2, 0.25) is 0 Å². The Bertz CT molecular complexity index is 1510. The van der Waals surface area contributed by atoms with Crippen molar-refractivity contribution in [3.05, 3.63) is 96.3 Å². The van der Waals surface area contributed by atoms with E-state index in [2.05, 4.69) is 20.4 Å². The van der Waals surface area contributed by atoms with Crippen LogP contribution in [0, 0.1) is 6.92 Å². The maximum Gasteiger partial charge on any atom is 0.416 e. The lowest BCUT2D eigenvalue weighted by molar-refractivity contribution is -0.137. The molecule has 1 amide bonds. The predicted molar refractivity (Wildman–Crippen MR) is 120 cm³/mol. The number of hydrogen-bond donors (Lipinski definition) is 1. The van der Waals surface area contributed by atoms with Crippen LogP contribution >= 0.6 is 0 Å². The quantitative estimate of drug-likeness (QED) is 0.400. The van der Waals surface area contributed by atoms with Crippen LogP contribution in [0.15, 0.2) is 79.6 Å². The fourth-order valence-corrected chi connectivity index (χ4v) is 3.66. The number of fused-ring (bicyclic) bond motifs is 1. The molecule has 0 radical (unpaired) electrons. The van der Waals surface area contributed by atoms with Gasteiger partial charge in [-0.25, -0.2) is 14.5 Å². The van der Waals surface area contributed by atoms with E-state index in [1.54, 1.807) is 41.2 Å². The Labute approximate surface area is 191 Å². The summed E-state index contributed by atoms with van der Waals surface area (Å²) in [7, 11) is 0. The van der Waals surface area contributed by atoms with Gasteiger partial charge < -0.3 is 9.88 Å². The van der Waals surface area contributed by atoms with Crippen molar-refractivity contribution in [3.8, 4) is 16.9 Å². The van der Waals surface area contributed by atoms with Crippen molar-refractivity contribution in [3.63, 3.8) is 0 Å². The Hall–Kier alpha value is -4.47. The molecule has 2 aromatic carbocycles. The first-order chi connectivity index (χ1) is 16.3. The van der Waals surface area contributed by atoms with Crippen molar-refractivity contribution in [2.24, 2.45) is 0 Å². The van der Waals surface area contributed by atoms with E-state index < -0.39 is 17.6 Å². The van der Waals surface area contributed by atoms with Crippen molar-refractivity contribution >= 4 is 17.2 Å². The molecule has 1 N–H and O–H groups in total. The van der Waals surface area contributed by atoms with Crippen LogP contribution in [0.5, 0.6) is 0 Å². The molecule has 3 aromatic heterocycles. The molecule has 7 nitrogen and oxygen atoms in total. The van der Waals surface area contributed by atoms with Gasteiger partial charge in [-0.05, 0) is 55.0 Å². The summed E-state index contributed by atoms with van der Waals surface area (Å²) in [5.41, 5.74) is 2.63. The van der Waals surface area contributed by atoms with Crippen molar-refractivity contribution in [2.45, 2.75) is 13.1 Å². The number of anilines is 1. The number of carbonyl (C=O) groups excluding carboxylic acids is 1. The highest BCUT2D eigenvalue weighted by Crippen LogP contribution is 2.33. The summed E-state index contributed by atoms with van der Waals surface area (Å²) in [6.07, 6.45) is 3.09. The minimum absolute atomic E-state index is 0.0159. The first kappa shape index (κ1) is 21.4. The van der Waals surface area contributed by atoms with Crippen LogP contribution in [0.4, 0.5) is 18.9 Å². The monoisotopic (exact) mass is 462 g/mol. The molecule has 0 unspecified atom stereocenters. The zero-order valence-corrected chi connectivity index (χ0v) is 17.8. The first-order valence-corrected chi connectivity index (χ1v) is 10.2. The molecule has 0 saturated carbocycles. The number of nitrogens with one attached hydrogen (secondary N) is 1. The van der Waals surface area contributed by atoms with Crippen molar-refractivity contribution in [1.29, 1.82) is 0 Å². The number of nitrogens with zero attached hydrogens (tertiary/aromatic N) is 5. The lowest BCUT2D eigenvalue weighted by Crippen LogP contribution is -2.14. The van der Waals surface area contributed by atoms with Crippen LogP contribution in [0.3, 0.4) is 0 Å². The molecule has 0 aliphatic rings. The topological polar surface area (TPSA) is 77.1 Å². The van der Waals surface area contributed by atoms with Crippen LogP contribution in [0.25, 0.3) is 22.6 Å². The first-order valence-electron chi connectivity index (χ1n) is 10.2. The molecule has 3 heterocycles. The summed E-state index contributed by atoms with van der Waals surface area (Å²) in [6, 6.07) is 12.0. The molecule has 0 fully saturated rings. The number of aryl methyl sites for hydroxylation is 1. The number of amides is 1. The van der Waals surface area contributed by atoms with Gasteiger partial charge >= 0.3 is 6.18 Å². The SMILES string of the molecule is Cc1ccc(C(=O)Nc2cc(-n3ccnc3)cc(C(F)(F)F)c2)cc1-c1cnc2cccnn12. The average molecular weight is 462 g/mol. The molecule has 0 bridgehead atoms. The second kappa shape index (κ2) is 8.14. The van der Waals surface area contributed by atoms with E-state index in [1.165, 1.54) is 29.4 Å². The second-order valence-electron chi connectivity index (χ2n) is 7.66. The molecule has 0 aliphatic carbocycles. The Morgan fingerprint density at radius 3 is 2.68 bits per heavy atom. The van der Waals surface area contributed by atoms with Gasteiger partial charge in [0.25, 0.3) is 5.91 Å². The molecule has 170 valence electrons. The highest BCUT2D eigenvalue weighted by atomic mass is 19.4. The van der Waals surface area contributed by atoms with Crippen molar-refractivity contribution < 1.29 is 18.0 Å². The molecule has 0 aliphatic heterocycles. The fraction of sp³-hybridized carbons (Fsp3) is 0.0833. The number of carbonyl (C=O) groups is 1. The zero-order chi connectivity index (χ0) is 23.9. The smallest absolute Gasteiger partial charge is 0.322 e. The molecule has 0 atom stereocenters. The largest absolute Gasteiger partial charge is 0.416 e. The number of imidazole rings is 2. The van der Waals surface area contributed by atoms with Gasteiger partial charge in [0.2, 0.25) is 0 Å². The molecular weight excluding hydrogens is 445 g/mol. The number of alkyl halides is 3. The summed E-state index contributed by atoms with van der Waals surface area (Å²) in [6.45, 7) is 1.89.